The van der Waals surface area contributed by atoms with E-state index in [1.165, 1.54) is 31.2 Å². The molecule has 0 unspecified atom stereocenters. The van der Waals surface area contributed by atoms with Crippen molar-refractivity contribution >= 4 is 0 Å². The second kappa shape index (κ2) is 14.0. The molecule has 0 bridgehead atoms. The topological polar surface area (TPSA) is 57.0 Å². The van der Waals surface area contributed by atoms with Gasteiger partial charge in [0, 0.05) is 30.6 Å². The quantitative estimate of drug-likeness (QED) is 0.200. The summed E-state index contributed by atoms with van der Waals surface area (Å²) in [6.07, 6.45) is 14.1. The van der Waals surface area contributed by atoms with Gasteiger partial charge in [0.05, 0.1) is 13.2 Å². The lowest BCUT2D eigenvalue weighted by molar-refractivity contribution is 0.264. The van der Waals surface area contributed by atoms with Crippen molar-refractivity contribution in [3.05, 3.63) is 124 Å². The van der Waals surface area contributed by atoms with E-state index in [-0.39, 0.29) is 5.56 Å². The van der Waals surface area contributed by atoms with Gasteiger partial charge in [-0.25, -0.2) is 0 Å². The lowest BCUT2D eigenvalue weighted by atomic mass is 10.1. The first kappa shape index (κ1) is 25.4. The fraction of sp³-hybridized carbons (Fsp3) is 0.323. The van der Waals surface area contributed by atoms with Crippen molar-refractivity contribution < 1.29 is 4.74 Å². The predicted molar refractivity (Wildman–Crippen MR) is 144 cm³/mol. The first-order chi connectivity index (χ1) is 17.8. The molecule has 4 rings (SSSR count). The van der Waals surface area contributed by atoms with Gasteiger partial charge >= 0.3 is 0 Å². The zero-order chi connectivity index (χ0) is 24.8. The van der Waals surface area contributed by atoms with Gasteiger partial charge < -0.3 is 4.74 Å². The van der Waals surface area contributed by atoms with Crippen LogP contribution in [0.1, 0.15) is 60.8 Å². The Labute approximate surface area is 213 Å². The van der Waals surface area contributed by atoms with E-state index < -0.39 is 0 Å². The molecule has 0 aliphatic rings. The Balaban J connectivity index is 1.28. The van der Waals surface area contributed by atoms with Crippen LogP contribution in [0.5, 0.6) is 6.01 Å². The molecule has 0 amide bonds. The maximum Gasteiger partial charge on any atom is 0.299 e. The molecular weight excluding hydrogens is 446 g/mol. The highest BCUT2D eigenvalue weighted by Crippen LogP contribution is 2.14. The van der Waals surface area contributed by atoms with Crippen LogP contribution in [-0.4, -0.2) is 21.1 Å². The monoisotopic (exact) mass is 481 g/mol. The van der Waals surface area contributed by atoms with E-state index in [4.69, 9.17) is 4.74 Å². The molecule has 0 saturated heterocycles. The van der Waals surface area contributed by atoms with Crippen molar-refractivity contribution in [3.8, 4) is 6.01 Å². The Kier molecular flexibility index (Phi) is 9.85. The van der Waals surface area contributed by atoms with Gasteiger partial charge in [-0.1, -0.05) is 92.4 Å². The SMILES string of the molecule is O=c1nc(OCCCCCCCCc2ccccc2)n(Cc2ccccc2)cc1Cc1cccnc1. The Morgan fingerprint density at radius 2 is 1.39 bits per heavy atom. The van der Waals surface area contributed by atoms with Crippen LogP contribution in [0.4, 0.5) is 0 Å². The largest absolute Gasteiger partial charge is 0.465 e. The number of nitrogens with zero attached hydrogens (tertiary/aromatic N) is 3. The highest BCUT2D eigenvalue weighted by molar-refractivity contribution is 5.23. The minimum absolute atomic E-state index is 0.239. The van der Waals surface area contributed by atoms with Crippen molar-refractivity contribution in [3.63, 3.8) is 0 Å². The molecule has 2 heterocycles. The number of hydrogen-bond acceptors (Lipinski definition) is 4. The summed E-state index contributed by atoms with van der Waals surface area (Å²) < 4.78 is 7.97. The van der Waals surface area contributed by atoms with Gasteiger partial charge in [-0.3, -0.25) is 14.3 Å². The van der Waals surface area contributed by atoms with Crippen LogP contribution in [0.15, 0.2) is 96.2 Å². The van der Waals surface area contributed by atoms with E-state index in [9.17, 15) is 4.79 Å². The molecule has 4 aromatic rings. The molecule has 5 heteroatoms. The summed E-state index contributed by atoms with van der Waals surface area (Å²) in [4.78, 5) is 21.2. The second-order valence-corrected chi connectivity index (χ2v) is 9.21. The molecule has 0 saturated carbocycles. The summed E-state index contributed by atoms with van der Waals surface area (Å²) in [6, 6.07) is 25.1. The third-order valence-corrected chi connectivity index (χ3v) is 6.28. The van der Waals surface area contributed by atoms with Crippen LogP contribution in [0.2, 0.25) is 0 Å². The molecule has 0 aliphatic carbocycles. The first-order valence-corrected chi connectivity index (χ1v) is 13.0. The molecule has 5 nitrogen and oxygen atoms in total. The molecule has 0 spiro atoms. The zero-order valence-corrected chi connectivity index (χ0v) is 20.9. The number of pyridine rings is 1. The standard InChI is InChI=1S/C31H35N3O2/c35-30-29(22-28-19-13-20-32-23-28)25-34(24-27-17-10-6-11-18-27)31(33-30)36-21-12-4-2-1-3-7-14-26-15-8-5-9-16-26/h5-6,8-11,13,15-20,23,25H,1-4,7,12,14,21-22,24H2. The highest BCUT2D eigenvalue weighted by Gasteiger charge is 2.11. The number of hydrogen-bond donors (Lipinski definition) is 0. The van der Waals surface area contributed by atoms with Crippen LogP contribution in [0, 0.1) is 0 Å². The fourth-order valence-corrected chi connectivity index (χ4v) is 4.32. The summed E-state index contributed by atoms with van der Waals surface area (Å²) in [5.41, 5.74) is 3.94. The van der Waals surface area contributed by atoms with Gasteiger partial charge in [0.1, 0.15) is 0 Å². The van der Waals surface area contributed by atoms with Crippen molar-refractivity contribution in [1.82, 2.24) is 14.5 Å². The number of ether oxygens (including phenoxy) is 1. The number of aromatic nitrogens is 3. The van der Waals surface area contributed by atoms with E-state index in [0.717, 1.165) is 30.4 Å². The van der Waals surface area contributed by atoms with Gasteiger partial charge in [0.25, 0.3) is 11.6 Å². The Hall–Kier alpha value is -3.73. The van der Waals surface area contributed by atoms with Gasteiger partial charge in [0.15, 0.2) is 0 Å². The number of aryl methyl sites for hydroxylation is 1. The van der Waals surface area contributed by atoms with Crippen LogP contribution >= 0.6 is 0 Å². The van der Waals surface area contributed by atoms with Crippen molar-refractivity contribution in [2.45, 2.75) is 57.9 Å². The lowest BCUT2D eigenvalue weighted by Crippen LogP contribution is -2.21. The first-order valence-electron chi connectivity index (χ1n) is 13.0. The fourth-order valence-electron chi connectivity index (χ4n) is 4.32. The third-order valence-electron chi connectivity index (χ3n) is 6.28. The molecule has 2 aromatic carbocycles. The summed E-state index contributed by atoms with van der Waals surface area (Å²) in [5.74, 6) is 0. The Morgan fingerprint density at radius 3 is 2.11 bits per heavy atom. The summed E-state index contributed by atoms with van der Waals surface area (Å²) >= 11 is 0. The number of rotatable bonds is 14. The smallest absolute Gasteiger partial charge is 0.299 e. The molecule has 0 N–H and O–H groups in total. The summed E-state index contributed by atoms with van der Waals surface area (Å²) in [5, 5.41) is 0. The van der Waals surface area contributed by atoms with E-state index in [1.54, 1.807) is 12.4 Å². The van der Waals surface area contributed by atoms with Crippen LogP contribution in [0.3, 0.4) is 0 Å². The third kappa shape index (κ3) is 8.19. The number of unbranched alkanes of at least 4 members (excludes halogenated alkanes) is 5. The molecule has 0 aliphatic heterocycles. The van der Waals surface area contributed by atoms with Crippen molar-refractivity contribution in [2.24, 2.45) is 0 Å². The molecule has 2 aromatic heterocycles. The van der Waals surface area contributed by atoms with Crippen LogP contribution in [0.25, 0.3) is 0 Å². The molecule has 186 valence electrons. The van der Waals surface area contributed by atoms with Gasteiger partial charge in [0.2, 0.25) is 0 Å². The minimum atomic E-state index is -0.239. The van der Waals surface area contributed by atoms with Gasteiger partial charge in [-0.15, -0.1) is 0 Å². The maximum atomic E-state index is 12.8. The molecule has 0 atom stereocenters. The summed E-state index contributed by atoms with van der Waals surface area (Å²) in [7, 11) is 0. The average molecular weight is 482 g/mol. The Bertz CT molecular complexity index is 1230. The normalized spacial score (nSPS) is 10.9. The molecule has 36 heavy (non-hydrogen) atoms. The second-order valence-electron chi connectivity index (χ2n) is 9.21. The zero-order valence-electron chi connectivity index (χ0n) is 20.9. The lowest BCUT2D eigenvalue weighted by Gasteiger charge is -2.15. The van der Waals surface area contributed by atoms with E-state index in [0.29, 0.717) is 31.1 Å². The molecule has 0 fully saturated rings. The predicted octanol–water partition coefficient (Wildman–Crippen LogP) is 6.24. The Morgan fingerprint density at radius 1 is 0.722 bits per heavy atom. The minimum Gasteiger partial charge on any atom is -0.465 e. The van der Waals surface area contributed by atoms with E-state index in [1.807, 2.05) is 41.1 Å². The van der Waals surface area contributed by atoms with Crippen molar-refractivity contribution in [2.75, 3.05) is 6.61 Å². The number of benzene rings is 2. The molecule has 0 radical (unpaired) electrons. The van der Waals surface area contributed by atoms with E-state index in [2.05, 4.69) is 52.4 Å². The van der Waals surface area contributed by atoms with E-state index >= 15 is 0 Å². The maximum absolute atomic E-state index is 12.8. The highest BCUT2D eigenvalue weighted by atomic mass is 16.5. The van der Waals surface area contributed by atoms with Crippen LogP contribution in [-0.2, 0) is 19.4 Å². The molecular formula is C31H35N3O2. The van der Waals surface area contributed by atoms with Crippen LogP contribution < -0.4 is 10.3 Å². The summed E-state index contributed by atoms with van der Waals surface area (Å²) in [6.45, 7) is 1.16. The van der Waals surface area contributed by atoms with Gasteiger partial charge in [-0.05, 0) is 42.0 Å². The average Bonchev–Trinajstić information content (AvgIpc) is 2.92. The van der Waals surface area contributed by atoms with Crippen molar-refractivity contribution in [1.29, 1.82) is 0 Å². The van der Waals surface area contributed by atoms with Gasteiger partial charge in [-0.2, -0.15) is 4.98 Å².